The second kappa shape index (κ2) is 11.8. The Morgan fingerprint density at radius 1 is 1.11 bits per heavy atom. The zero-order chi connectivity index (χ0) is 27.4. The van der Waals surface area contributed by atoms with E-state index in [1.807, 2.05) is 0 Å². The van der Waals surface area contributed by atoms with Crippen molar-refractivity contribution in [3.05, 3.63) is 69.9 Å². The van der Waals surface area contributed by atoms with Crippen LogP contribution in [0.1, 0.15) is 43.2 Å². The zero-order valence-corrected chi connectivity index (χ0v) is 23.8. The molecule has 1 aromatic carbocycles. The van der Waals surface area contributed by atoms with E-state index in [0.29, 0.717) is 4.47 Å². The summed E-state index contributed by atoms with van der Waals surface area (Å²) in [6.07, 6.45) is 1.14. The number of carbonyl (C=O) groups excluding carboxylic acids is 3. The molecule has 2 aromatic rings. The molecule has 12 heteroatoms. The monoisotopic (exact) mass is 596 g/mol. The standard InChI is InChI=1S/C25H30BrFN2O7Si/c1-6-34-37(35-7-2,36-8-3)17(4)15-25(24(32)33-5)23(31)28(22(30)21-10-9-13-29(21)25)16-18-11-12-19(26)14-20(18)27/h9-14H,4,6-8,15-16H2,1-3,5H3/t25-/m0/s1. The molecular formula is C25H30BrFN2O7Si. The number of hydrogen-bond donors (Lipinski definition) is 0. The first-order valence-corrected chi connectivity index (χ1v) is 14.3. The normalized spacial score (nSPS) is 17.6. The molecule has 0 unspecified atom stereocenters. The van der Waals surface area contributed by atoms with E-state index in [-0.39, 0.29) is 42.7 Å². The van der Waals surface area contributed by atoms with Crippen molar-refractivity contribution >= 4 is 42.5 Å². The van der Waals surface area contributed by atoms with Crippen molar-refractivity contribution < 1.29 is 36.8 Å². The minimum atomic E-state index is -3.58. The Balaban J connectivity index is 2.16. The number of esters is 1. The lowest BCUT2D eigenvalue weighted by Gasteiger charge is -2.42. The maximum absolute atomic E-state index is 14.7. The number of benzene rings is 1. The van der Waals surface area contributed by atoms with Crippen LogP contribution in [0.2, 0.25) is 0 Å². The van der Waals surface area contributed by atoms with Crippen molar-refractivity contribution in [1.82, 2.24) is 9.47 Å². The van der Waals surface area contributed by atoms with Crippen molar-refractivity contribution in [2.75, 3.05) is 26.9 Å². The van der Waals surface area contributed by atoms with E-state index in [1.165, 1.54) is 29.0 Å². The number of amides is 2. The van der Waals surface area contributed by atoms with Crippen LogP contribution in [0, 0.1) is 5.82 Å². The molecule has 37 heavy (non-hydrogen) atoms. The van der Waals surface area contributed by atoms with E-state index in [2.05, 4.69) is 22.5 Å². The first-order valence-electron chi connectivity index (χ1n) is 11.8. The van der Waals surface area contributed by atoms with Crippen LogP contribution in [-0.4, -0.2) is 63.0 Å². The van der Waals surface area contributed by atoms with E-state index >= 15 is 0 Å². The molecule has 1 aromatic heterocycles. The summed E-state index contributed by atoms with van der Waals surface area (Å²) < 4.78 is 39.4. The number of aromatic nitrogens is 1. The molecule has 3 rings (SSSR count). The predicted molar refractivity (Wildman–Crippen MR) is 138 cm³/mol. The van der Waals surface area contributed by atoms with Gasteiger partial charge in [0, 0.05) is 42.5 Å². The Kier molecular flexibility index (Phi) is 9.24. The summed E-state index contributed by atoms with van der Waals surface area (Å²) in [5, 5.41) is 0.264. The fourth-order valence-electron chi connectivity index (χ4n) is 4.41. The Hall–Kier alpha value is -2.64. The molecule has 9 nitrogen and oxygen atoms in total. The highest BCUT2D eigenvalue weighted by atomic mass is 79.9. The van der Waals surface area contributed by atoms with Gasteiger partial charge in [-0.1, -0.05) is 28.6 Å². The number of nitrogens with zero attached hydrogens (tertiary/aromatic N) is 2. The van der Waals surface area contributed by atoms with Crippen LogP contribution in [0.5, 0.6) is 0 Å². The molecule has 2 amide bonds. The second-order valence-corrected chi connectivity index (χ2v) is 11.8. The van der Waals surface area contributed by atoms with Gasteiger partial charge in [-0.15, -0.1) is 0 Å². The minimum Gasteiger partial charge on any atom is -0.467 e. The largest absolute Gasteiger partial charge is 0.532 e. The summed E-state index contributed by atoms with van der Waals surface area (Å²) in [5.41, 5.74) is -1.90. The van der Waals surface area contributed by atoms with Crippen molar-refractivity contribution in [1.29, 1.82) is 0 Å². The third kappa shape index (κ3) is 5.21. The molecule has 0 fully saturated rings. The SMILES string of the molecule is C=C(C[C@@]1(C(=O)OC)C(=O)N(Cc2ccc(Br)cc2F)C(=O)c2cccn21)[Si](OCC)(OCC)OCC. The summed E-state index contributed by atoms with van der Waals surface area (Å²) in [7, 11) is -2.43. The Morgan fingerprint density at radius 2 is 1.73 bits per heavy atom. The molecule has 0 bridgehead atoms. The topological polar surface area (TPSA) is 96.3 Å². The number of imide groups is 1. The van der Waals surface area contributed by atoms with E-state index in [9.17, 15) is 18.8 Å². The van der Waals surface area contributed by atoms with Crippen LogP contribution in [0.25, 0.3) is 0 Å². The number of fused-ring (bicyclic) bond motifs is 1. The van der Waals surface area contributed by atoms with Gasteiger partial charge in [-0.05, 0) is 50.2 Å². The van der Waals surface area contributed by atoms with Crippen molar-refractivity contribution in [2.45, 2.75) is 39.3 Å². The number of rotatable bonds is 12. The van der Waals surface area contributed by atoms with Gasteiger partial charge in [0.05, 0.1) is 13.7 Å². The Labute approximate surface area is 224 Å². The third-order valence-corrected chi connectivity index (χ3v) is 9.54. The molecule has 0 spiro atoms. The lowest BCUT2D eigenvalue weighted by atomic mass is 9.89. The zero-order valence-electron chi connectivity index (χ0n) is 21.2. The van der Waals surface area contributed by atoms with Gasteiger partial charge in [-0.3, -0.25) is 14.5 Å². The van der Waals surface area contributed by atoms with Crippen molar-refractivity contribution in [3.63, 3.8) is 0 Å². The quantitative estimate of drug-likeness (QED) is 0.158. The maximum Gasteiger partial charge on any atom is 0.532 e. The molecule has 1 aliphatic rings. The maximum atomic E-state index is 14.7. The van der Waals surface area contributed by atoms with Gasteiger partial charge in [0.15, 0.2) is 0 Å². The van der Waals surface area contributed by atoms with Gasteiger partial charge >= 0.3 is 14.8 Å². The van der Waals surface area contributed by atoms with Gasteiger partial charge in [-0.2, -0.15) is 0 Å². The predicted octanol–water partition coefficient (Wildman–Crippen LogP) is 3.97. The number of halogens is 2. The number of methoxy groups -OCH3 is 1. The molecule has 0 saturated heterocycles. The molecule has 0 aliphatic carbocycles. The van der Waals surface area contributed by atoms with Crippen LogP contribution in [0.3, 0.4) is 0 Å². The molecule has 1 aliphatic heterocycles. The molecule has 200 valence electrons. The fourth-order valence-corrected chi connectivity index (χ4v) is 7.22. The molecular weight excluding hydrogens is 567 g/mol. The van der Waals surface area contributed by atoms with Crippen LogP contribution < -0.4 is 0 Å². The second-order valence-electron chi connectivity index (χ2n) is 8.18. The third-order valence-electron chi connectivity index (χ3n) is 6.00. The van der Waals surface area contributed by atoms with Gasteiger partial charge in [0.2, 0.25) is 5.54 Å². The Morgan fingerprint density at radius 3 is 2.27 bits per heavy atom. The summed E-state index contributed by atoms with van der Waals surface area (Å²) in [6, 6.07) is 7.32. The van der Waals surface area contributed by atoms with Gasteiger partial charge < -0.3 is 22.6 Å². The highest BCUT2D eigenvalue weighted by Crippen LogP contribution is 2.39. The van der Waals surface area contributed by atoms with E-state index < -0.39 is 44.5 Å². The molecule has 0 radical (unpaired) electrons. The summed E-state index contributed by atoms with van der Waals surface area (Å²) in [5.74, 6) is -3.09. The first-order chi connectivity index (χ1) is 17.6. The minimum absolute atomic E-state index is 0.0619. The molecule has 0 saturated carbocycles. The van der Waals surface area contributed by atoms with Crippen LogP contribution in [0.15, 0.2) is 52.8 Å². The van der Waals surface area contributed by atoms with Crippen molar-refractivity contribution in [3.8, 4) is 0 Å². The number of carbonyl (C=O) groups is 3. The number of allylic oxidation sites excluding steroid dienone is 1. The summed E-state index contributed by atoms with van der Waals surface area (Å²) in [4.78, 5) is 41.9. The number of hydrogen-bond acceptors (Lipinski definition) is 7. The molecule has 2 heterocycles. The highest BCUT2D eigenvalue weighted by Gasteiger charge is 2.60. The van der Waals surface area contributed by atoms with Gasteiger partial charge in [0.1, 0.15) is 11.5 Å². The van der Waals surface area contributed by atoms with E-state index in [4.69, 9.17) is 18.0 Å². The molecule has 1 atom stereocenters. The summed E-state index contributed by atoms with van der Waals surface area (Å²) >= 11 is 3.20. The van der Waals surface area contributed by atoms with E-state index in [0.717, 1.165) is 12.0 Å². The average Bonchev–Trinajstić information content (AvgIpc) is 3.36. The highest BCUT2D eigenvalue weighted by molar-refractivity contribution is 9.10. The van der Waals surface area contributed by atoms with Gasteiger partial charge in [-0.25, -0.2) is 9.18 Å². The fraction of sp³-hybridized carbons (Fsp3) is 0.400. The lowest BCUT2D eigenvalue weighted by molar-refractivity contribution is -0.161. The van der Waals surface area contributed by atoms with Crippen LogP contribution in [-0.2, 0) is 39.7 Å². The summed E-state index contributed by atoms with van der Waals surface area (Å²) in [6.45, 7) is 9.77. The van der Waals surface area contributed by atoms with Crippen LogP contribution in [0.4, 0.5) is 4.39 Å². The molecule has 0 N–H and O–H groups in total. The smallest absolute Gasteiger partial charge is 0.467 e. The van der Waals surface area contributed by atoms with Gasteiger partial charge in [0.25, 0.3) is 11.8 Å². The lowest BCUT2D eigenvalue weighted by Crippen LogP contribution is -2.63. The van der Waals surface area contributed by atoms with Crippen molar-refractivity contribution in [2.24, 2.45) is 0 Å². The average molecular weight is 598 g/mol. The number of ether oxygens (including phenoxy) is 1. The van der Waals surface area contributed by atoms with Crippen LogP contribution >= 0.6 is 15.9 Å². The first kappa shape index (κ1) is 28.9. The Bertz CT molecular complexity index is 1190. The van der Waals surface area contributed by atoms with E-state index in [1.54, 1.807) is 32.9 Å².